The smallest absolute Gasteiger partial charge is 0.0662 e. The summed E-state index contributed by atoms with van der Waals surface area (Å²) in [6.07, 6.45) is 3.38. The van der Waals surface area contributed by atoms with Gasteiger partial charge < -0.3 is 10.1 Å². The lowest BCUT2D eigenvalue weighted by molar-refractivity contribution is 0.120. The Bertz CT molecular complexity index is 385. The quantitative estimate of drug-likeness (QED) is 0.670. The molecule has 0 aliphatic heterocycles. The average molecular weight is 281 g/mol. The Hall–Kier alpha value is -0.870. The topological polar surface area (TPSA) is 39.1 Å². The van der Waals surface area contributed by atoms with Crippen molar-refractivity contribution < 1.29 is 4.74 Å². The lowest BCUT2D eigenvalue weighted by Gasteiger charge is -2.09. The van der Waals surface area contributed by atoms with Crippen LogP contribution in [-0.2, 0) is 17.7 Å². The minimum absolute atomic E-state index is 0.539. The van der Waals surface area contributed by atoms with Gasteiger partial charge in [-0.25, -0.2) is 0 Å². The summed E-state index contributed by atoms with van der Waals surface area (Å²) in [5.41, 5.74) is 3.82. The molecule has 1 heterocycles. The fraction of sp³-hybridized carbons (Fsp3) is 0.812. The maximum absolute atomic E-state index is 5.62. The third-order valence-electron chi connectivity index (χ3n) is 3.55. The fourth-order valence-electron chi connectivity index (χ4n) is 2.30. The summed E-state index contributed by atoms with van der Waals surface area (Å²) in [5.74, 6) is 0. The summed E-state index contributed by atoms with van der Waals surface area (Å²) in [6, 6.07) is 0.539. The number of ether oxygens (including phenoxy) is 1. The van der Waals surface area contributed by atoms with E-state index in [0.717, 1.165) is 44.8 Å². The standard InChI is InChI=1S/C16H31N3O/c1-6-7-11-20-12-10-19-15(5)16(14(4)18-19)8-9-17-13(2)3/h13,17H,6-12H2,1-5H3. The van der Waals surface area contributed by atoms with Crippen LogP contribution >= 0.6 is 0 Å². The van der Waals surface area contributed by atoms with Crippen molar-refractivity contribution in [1.29, 1.82) is 0 Å². The molecule has 0 saturated carbocycles. The van der Waals surface area contributed by atoms with E-state index < -0.39 is 0 Å². The van der Waals surface area contributed by atoms with Crippen molar-refractivity contribution in [3.8, 4) is 0 Å². The Kier molecular flexibility index (Phi) is 7.85. The van der Waals surface area contributed by atoms with Gasteiger partial charge in [-0.05, 0) is 38.8 Å². The molecule has 116 valence electrons. The highest BCUT2D eigenvalue weighted by molar-refractivity contribution is 5.24. The first kappa shape index (κ1) is 17.2. The van der Waals surface area contributed by atoms with Crippen LogP contribution in [0.3, 0.4) is 0 Å². The molecule has 0 unspecified atom stereocenters. The normalized spacial score (nSPS) is 11.5. The Balaban J connectivity index is 2.44. The zero-order valence-corrected chi connectivity index (χ0v) is 13.8. The third-order valence-corrected chi connectivity index (χ3v) is 3.55. The average Bonchev–Trinajstić information content (AvgIpc) is 2.65. The number of aryl methyl sites for hydroxylation is 1. The van der Waals surface area contributed by atoms with Gasteiger partial charge in [0.2, 0.25) is 0 Å². The maximum atomic E-state index is 5.62. The van der Waals surface area contributed by atoms with Crippen LogP contribution in [0.1, 0.15) is 50.6 Å². The minimum Gasteiger partial charge on any atom is -0.380 e. The molecule has 0 aliphatic rings. The monoisotopic (exact) mass is 281 g/mol. The molecule has 20 heavy (non-hydrogen) atoms. The number of aromatic nitrogens is 2. The predicted octanol–water partition coefficient (Wildman–Crippen LogP) is 2.86. The number of hydrogen-bond donors (Lipinski definition) is 1. The van der Waals surface area contributed by atoms with Gasteiger partial charge in [0.1, 0.15) is 0 Å². The van der Waals surface area contributed by atoms with Crippen LogP contribution in [0.15, 0.2) is 0 Å². The summed E-state index contributed by atoms with van der Waals surface area (Å²) in [4.78, 5) is 0. The molecule has 1 rings (SSSR count). The van der Waals surface area contributed by atoms with E-state index in [4.69, 9.17) is 4.74 Å². The Morgan fingerprint density at radius 2 is 2.00 bits per heavy atom. The molecule has 0 saturated heterocycles. The SMILES string of the molecule is CCCCOCCn1nc(C)c(CCNC(C)C)c1C. The molecular formula is C16H31N3O. The molecule has 0 atom stereocenters. The first-order valence-electron chi connectivity index (χ1n) is 7.90. The van der Waals surface area contributed by atoms with Crippen LogP contribution < -0.4 is 5.32 Å². The summed E-state index contributed by atoms with van der Waals surface area (Å²) in [6.45, 7) is 14.3. The molecule has 0 aliphatic carbocycles. The summed E-state index contributed by atoms with van der Waals surface area (Å²) in [7, 11) is 0. The van der Waals surface area contributed by atoms with E-state index in [-0.39, 0.29) is 0 Å². The van der Waals surface area contributed by atoms with Gasteiger partial charge >= 0.3 is 0 Å². The van der Waals surface area contributed by atoms with Crippen molar-refractivity contribution in [2.75, 3.05) is 19.8 Å². The van der Waals surface area contributed by atoms with E-state index in [2.05, 4.69) is 49.7 Å². The lowest BCUT2D eigenvalue weighted by atomic mass is 10.1. The number of nitrogens with one attached hydrogen (secondary N) is 1. The second-order valence-corrected chi connectivity index (χ2v) is 5.70. The molecule has 4 nitrogen and oxygen atoms in total. The molecule has 0 bridgehead atoms. The van der Waals surface area contributed by atoms with Gasteiger partial charge in [-0.1, -0.05) is 27.2 Å². The van der Waals surface area contributed by atoms with E-state index in [1.807, 2.05) is 0 Å². The zero-order valence-electron chi connectivity index (χ0n) is 13.8. The summed E-state index contributed by atoms with van der Waals surface area (Å²) < 4.78 is 7.71. The minimum atomic E-state index is 0.539. The van der Waals surface area contributed by atoms with E-state index in [0.29, 0.717) is 6.04 Å². The first-order valence-corrected chi connectivity index (χ1v) is 7.90. The highest BCUT2D eigenvalue weighted by Crippen LogP contribution is 2.13. The van der Waals surface area contributed by atoms with Gasteiger partial charge in [0.05, 0.1) is 18.8 Å². The van der Waals surface area contributed by atoms with Gasteiger partial charge in [-0.15, -0.1) is 0 Å². The molecule has 0 amide bonds. The van der Waals surface area contributed by atoms with E-state index in [1.54, 1.807) is 0 Å². The maximum Gasteiger partial charge on any atom is 0.0662 e. The van der Waals surface area contributed by atoms with Gasteiger partial charge in [0, 0.05) is 18.3 Å². The lowest BCUT2D eigenvalue weighted by Crippen LogP contribution is -2.25. The molecule has 0 aromatic carbocycles. The molecular weight excluding hydrogens is 250 g/mol. The van der Waals surface area contributed by atoms with Gasteiger partial charge in [0.25, 0.3) is 0 Å². The Morgan fingerprint density at radius 3 is 2.65 bits per heavy atom. The number of unbranched alkanes of at least 4 members (excludes halogenated alkanes) is 1. The van der Waals surface area contributed by atoms with Gasteiger partial charge in [-0.2, -0.15) is 5.10 Å². The van der Waals surface area contributed by atoms with E-state index >= 15 is 0 Å². The largest absolute Gasteiger partial charge is 0.380 e. The van der Waals surface area contributed by atoms with Crippen LogP contribution in [0.4, 0.5) is 0 Å². The molecule has 0 fully saturated rings. The van der Waals surface area contributed by atoms with E-state index in [9.17, 15) is 0 Å². The van der Waals surface area contributed by atoms with Crippen molar-refractivity contribution in [2.24, 2.45) is 0 Å². The third kappa shape index (κ3) is 5.63. The summed E-state index contributed by atoms with van der Waals surface area (Å²) >= 11 is 0. The van der Waals surface area contributed by atoms with Gasteiger partial charge in [-0.3, -0.25) is 4.68 Å². The van der Waals surface area contributed by atoms with Crippen molar-refractivity contribution in [3.63, 3.8) is 0 Å². The predicted molar refractivity (Wildman–Crippen MR) is 84.3 cm³/mol. The highest BCUT2D eigenvalue weighted by atomic mass is 16.5. The zero-order chi connectivity index (χ0) is 15.0. The number of rotatable bonds is 10. The van der Waals surface area contributed by atoms with Crippen LogP contribution in [-0.4, -0.2) is 35.6 Å². The van der Waals surface area contributed by atoms with Crippen LogP contribution in [0.25, 0.3) is 0 Å². The molecule has 1 aromatic heterocycles. The molecule has 1 N–H and O–H groups in total. The highest BCUT2D eigenvalue weighted by Gasteiger charge is 2.11. The Morgan fingerprint density at radius 1 is 1.25 bits per heavy atom. The Labute approximate surface area is 123 Å². The number of hydrogen-bond acceptors (Lipinski definition) is 3. The second-order valence-electron chi connectivity index (χ2n) is 5.70. The molecule has 0 spiro atoms. The van der Waals surface area contributed by atoms with Crippen molar-refractivity contribution >= 4 is 0 Å². The molecule has 1 aromatic rings. The van der Waals surface area contributed by atoms with Crippen LogP contribution in [0.2, 0.25) is 0 Å². The summed E-state index contributed by atoms with van der Waals surface area (Å²) in [5, 5.41) is 8.10. The fourth-order valence-corrected chi connectivity index (χ4v) is 2.30. The van der Waals surface area contributed by atoms with Crippen LogP contribution in [0, 0.1) is 13.8 Å². The van der Waals surface area contributed by atoms with Crippen molar-refractivity contribution in [1.82, 2.24) is 15.1 Å². The second kappa shape index (κ2) is 9.14. The molecule has 4 heteroatoms. The molecule has 0 radical (unpaired) electrons. The van der Waals surface area contributed by atoms with Gasteiger partial charge in [0.15, 0.2) is 0 Å². The number of nitrogens with zero attached hydrogens (tertiary/aromatic N) is 2. The van der Waals surface area contributed by atoms with Crippen molar-refractivity contribution in [2.45, 2.75) is 66.5 Å². The van der Waals surface area contributed by atoms with Crippen molar-refractivity contribution in [3.05, 3.63) is 17.0 Å². The van der Waals surface area contributed by atoms with Crippen LogP contribution in [0.5, 0.6) is 0 Å². The van der Waals surface area contributed by atoms with E-state index in [1.165, 1.54) is 17.7 Å². The first-order chi connectivity index (χ1) is 9.56.